The summed E-state index contributed by atoms with van der Waals surface area (Å²) in [6, 6.07) is 7.33. The number of hydrogen-bond acceptors (Lipinski definition) is 4. The first kappa shape index (κ1) is 17.8. The number of morpholine rings is 1. The van der Waals surface area contributed by atoms with Gasteiger partial charge in [0.1, 0.15) is 5.82 Å². The van der Waals surface area contributed by atoms with Gasteiger partial charge in [-0.05, 0) is 44.6 Å². The molecule has 0 bridgehead atoms. The minimum atomic E-state index is -0.172. The Labute approximate surface area is 144 Å². The highest BCUT2D eigenvalue weighted by Crippen LogP contribution is 2.35. The monoisotopic (exact) mass is 336 g/mol. The fourth-order valence-electron chi connectivity index (χ4n) is 3.82. The molecule has 0 N–H and O–H groups in total. The molecule has 3 atom stereocenters. The molecule has 1 aliphatic heterocycles. The van der Waals surface area contributed by atoms with Gasteiger partial charge >= 0.3 is 0 Å². The summed E-state index contributed by atoms with van der Waals surface area (Å²) in [7, 11) is 4.12. The maximum Gasteiger partial charge on any atom is 0.123 e. The number of fused-ring (bicyclic) bond motifs is 1. The van der Waals surface area contributed by atoms with Crippen LogP contribution in [0, 0.1) is 11.7 Å². The van der Waals surface area contributed by atoms with E-state index in [0.29, 0.717) is 12.0 Å². The average Bonchev–Trinajstić information content (AvgIpc) is 2.98. The lowest BCUT2D eigenvalue weighted by atomic mass is 10.0. The lowest BCUT2D eigenvalue weighted by Gasteiger charge is -2.39. The van der Waals surface area contributed by atoms with Crippen LogP contribution in [0.3, 0.4) is 0 Å². The Kier molecular flexibility index (Phi) is 6.22. The summed E-state index contributed by atoms with van der Waals surface area (Å²) in [5.74, 6) is 0.322. The van der Waals surface area contributed by atoms with Crippen molar-refractivity contribution in [1.29, 1.82) is 0 Å². The quantitative estimate of drug-likeness (QED) is 0.714. The first-order valence-corrected chi connectivity index (χ1v) is 8.96. The summed E-state index contributed by atoms with van der Waals surface area (Å²) in [6.07, 6.45) is 2.60. The van der Waals surface area contributed by atoms with Crippen LogP contribution in [0.15, 0.2) is 24.3 Å². The van der Waals surface area contributed by atoms with E-state index in [2.05, 4.69) is 23.9 Å². The van der Waals surface area contributed by atoms with Gasteiger partial charge in [-0.1, -0.05) is 12.1 Å². The first-order chi connectivity index (χ1) is 11.6. The van der Waals surface area contributed by atoms with Crippen LogP contribution < -0.4 is 0 Å². The van der Waals surface area contributed by atoms with Crippen LogP contribution >= 0.6 is 0 Å². The maximum atomic E-state index is 13.1. The van der Waals surface area contributed by atoms with Crippen LogP contribution in [0.5, 0.6) is 0 Å². The Morgan fingerprint density at radius 1 is 1.25 bits per heavy atom. The number of benzene rings is 1. The second-order valence-electron chi connectivity index (χ2n) is 7.22. The van der Waals surface area contributed by atoms with Crippen LogP contribution in [-0.4, -0.2) is 69.0 Å². The van der Waals surface area contributed by atoms with Gasteiger partial charge in [0.05, 0.1) is 25.9 Å². The third kappa shape index (κ3) is 4.54. The minimum absolute atomic E-state index is 0.172. The molecule has 4 nitrogen and oxygen atoms in total. The molecule has 2 fully saturated rings. The number of nitrogens with zero attached hydrogens (tertiary/aromatic N) is 2. The molecule has 1 saturated heterocycles. The summed E-state index contributed by atoms with van der Waals surface area (Å²) in [6.45, 7) is 5.13. The molecule has 0 spiro atoms. The second-order valence-corrected chi connectivity index (χ2v) is 7.22. The molecule has 5 heteroatoms. The summed E-state index contributed by atoms with van der Waals surface area (Å²) in [5.41, 5.74) is 1.17. The van der Waals surface area contributed by atoms with Crippen molar-refractivity contribution in [3.8, 4) is 0 Å². The van der Waals surface area contributed by atoms with E-state index in [4.69, 9.17) is 9.47 Å². The van der Waals surface area contributed by atoms with E-state index in [9.17, 15) is 4.39 Å². The highest BCUT2D eigenvalue weighted by atomic mass is 19.1. The van der Waals surface area contributed by atoms with Crippen molar-refractivity contribution in [2.45, 2.75) is 31.5 Å². The van der Waals surface area contributed by atoms with Crippen molar-refractivity contribution in [1.82, 2.24) is 9.80 Å². The Bertz CT molecular complexity index is 509. The van der Waals surface area contributed by atoms with Crippen LogP contribution in [0.25, 0.3) is 0 Å². The number of halogens is 1. The third-order valence-corrected chi connectivity index (χ3v) is 5.15. The van der Waals surface area contributed by atoms with Crippen molar-refractivity contribution in [2.24, 2.45) is 5.92 Å². The lowest BCUT2D eigenvalue weighted by molar-refractivity contribution is -0.0883. The van der Waals surface area contributed by atoms with Gasteiger partial charge in [-0.15, -0.1) is 0 Å². The molecule has 1 heterocycles. The summed E-state index contributed by atoms with van der Waals surface area (Å²) < 4.78 is 25.0. The molecular weight excluding hydrogens is 307 g/mol. The normalized spacial score (nSPS) is 27.6. The standard InChI is InChI=1S/C19H29FN2O2/c1-21(2)9-11-23-14-16-5-8-18-19(16)24-12-10-22(18)13-15-3-6-17(20)7-4-15/h3-4,6-7,16,18-19H,5,8-14H2,1-2H3/t16-,18-,19+/m0/s1. The molecule has 0 unspecified atom stereocenters. The molecule has 2 aliphatic rings. The van der Waals surface area contributed by atoms with Crippen molar-refractivity contribution in [2.75, 3.05) is 47.0 Å². The van der Waals surface area contributed by atoms with Gasteiger partial charge in [0, 0.05) is 31.6 Å². The second kappa shape index (κ2) is 8.39. The van der Waals surface area contributed by atoms with Crippen molar-refractivity contribution in [3.63, 3.8) is 0 Å². The van der Waals surface area contributed by atoms with Crippen LogP contribution in [0.4, 0.5) is 4.39 Å². The zero-order valence-electron chi connectivity index (χ0n) is 14.8. The van der Waals surface area contributed by atoms with E-state index in [1.807, 2.05) is 12.1 Å². The van der Waals surface area contributed by atoms with Crippen molar-refractivity contribution >= 4 is 0 Å². The van der Waals surface area contributed by atoms with E-state index in [-0.39, 0.29) is 11.9 Å². The van der Waals surface area contributed by atoms with Crippen molar-refractivity contribution < 1.29 is 13.9 Å². The predicted molar refractivity (Wildman–Crippen MR) is 92.4 cm³/mol. The van der Waals surface area contributed by atoms with Crippen LogP contribution in [0.2, 0.25) is 0 Å². The number of likely N-dealkylation sites (N-methyl/N-ethyl adjacent to an activating group) is 1. The summed E-state index contributed by atoms with van der Waals surface area (Å²) in [4.78, 5) is 4.64. The van der Waals surface area contributed by atoms with Crippen LogP contribution in [0.1, 0.15) is 18.4 Å². The van der Waals surface area contributed by atoms with Crippen LogP contribution in [-0.2, 0) is 16.0 Å². The van der Waals surface area contributed by atoms with Gasteiger partial charge in [0.15, 0.2) is 0 Å². The zero-order valence-corrected chi connectivity index (χ0v) is 14.8. The molecule has 1 aromatic carbocycles. The average molecular weight is 336 g/mol. The molecule has 0 aromatic heterocycles. The van der Waals surface area contributed by atoms with E-state index in [0.717, 1.165) is 52.3 Å². The van der Waals surface area contributed by atoms with Crippen molar-refractivity contribution in [3.05, 3.63) is 35.6 Å². The van der Waals surface area contributed by atoms with E-state index >= 15 is 0 Å². The Morgan fingerprint density at radius 3 is 2.79 bits per heavy atom. The summed E-state index contributed by atoms with van der Waals surface area (Å²) >= 11 is 0. The molecule has 1 aromatic rings. The number of rotatable bonds is 7. The Morgan fingerprint density at radius 2 is 2.04 bits per heavy atom. The fraction of sp³-hybridized carbons (Fsp3) is 0.684. The van der Waals surface area contributed by atoms with Gasteiger partial charge < -0.3 is 14.4 Å². The fourth-order valence-corrected chi connectivity index (χ4v) is 3.82. The van der Waals surface area contributed by atoms with Gasteiger partial charge in [-0.25, -0.2) is 4.39 Å². The van der Waals surface area contributed by atoms with Gasteiger partial charge in [0.25, 0.3) is 0 Å². The van der Waals surface area contributed by atoms with Gasteiger partial charge in [-0.2, -0.15) is 0 Å². The maximum absolute atomic E-state index is 13.1. The van der Waals surface area contributed by atoms with E-state index in [1.54, 1.807) is 12.1 Å². The number of hydrogen-bond donors (Lipinski definition) is 0. The zero-order chi connectivity index (χ0) is 16.9. The topological polar surface area (TPSA) is 24.9 Å². The third-order valence-electron chi connectivity index (χ3n) is 5.15. The Hall–Kier alpha value is -1.01. The molecule has 1 saturated carbocycles. The van der Waals surface area contributed by atoms with E-state index in [1.165, 1.54) is 5.56 Å². The Balaban J connectivity index is 1.52. The summed E-state index contributed by atoms with van der Waals surface area (Å²) in [5, 5.41) is 0. The van der Waals surface area contributed by atoms with E-state index < -0.39 is 0 Å². The molecule has 24 heavy (non-hydrogen) atoms. The highest BCUT2D eigenvalue weighted by molar-refractivity contribution is 5.16. The van der Waals surface area contributed by atoms with Gasteiger partial charge in [-0.3, -0.25) is 4.90 Å². The molecule has 0 amide bonds. The molecule has 134 valence electrons. The molecule has 1 aliphatic carbocycles. The largest absolute Gasteiger partial charge is 0.380 e. The highest BCUT2D eigenvalue weighted by Gasteiger charge is 2.42. The molecule has 0 radical (unpaired) electrons. The smallest absolute Gasteiger partial charge is 0.123 e. The SMILES string of the molecule is CN(C)CCOC[C@@H]1CC[C@H]2[C@@H]1OCCN2Cc1ccc(F)cc1. The number of ether oxygens (including phenoxy) is 2. The lowest BCUT2D eigenvalue weighted by Crippen LogP contribution is -2.50. The van der Waals surface area contributed by atoms with Gasteiger partial charge in [0.2, 0.25) is 0 Å². The molecular formula is C19H29FN2O2. The predicted octanol–water partition coefficient (Wildman–Crippen LogP) is 2.38. The minimum Gasteiger partial charge on any atom is -0.380 e. The first-order valence-electron chi connectivity index (χ1n) is 8.96. The molecule has 3 rings (SSSR count).